The third-order valence-electron chi connectivity index (χ3n) is 2.21. The molecule has 1 aliphatic rings. The van der Waals surface area contributed by atoms with Gasteiger partial charge >= 0.3 is 0 Å². The Kier molecular flexibility index (Phi) is 5.17. The number of rotatable bonds is 6. The van der Waals surface area contributed by atoms with E-state index in [1.165, 1.54) is 0 Å². The van der Waals surface area contributed by atoms with Gasteiger partial charge in [0.2, 0.25) is 11.8 Å². The van der Waals surface area contributed by atoms with E-state index in [-0.39, 0.29) is 25.2 Å². The van der Waals surface area contributed by atoms with Gasteiger partial charge in [0.15, 0.2) is 0 Å². The first kappa shape index (κ1) is 12.9. The maximum Gasteiger partial charge on any atom is 0.243 e. The van der Waals surface area contributed by atoms with Crippen molar-refractivity contribution in [2.24, 2.45) is 5.73 Å². The van der Waals surface area contributed by atoms with Crippen LogP contribution in [0.15, 0.2) is 0 Å². The summed E-state index contributed by atoms with van der Waals surface area (Å²) < 4.78 is 4.87. The van der Waals surface area contributed by atoms with Gasteiger partial charge in [-0.25, -0.2) is 0 Å². The zero-order valence-corrected chi connectivity index (χ0v) is 8.94. The van der Waals surface area contributed by atoms with Gasteiger partial charge in [0.05, 0.1) is 18.8 Å². The monoisotopic (exact) mass is 231 g/mol. The minimum atomic E-state index is -0.535. The van der Waals surface area contributed by atoms with E-state index in [1.807, 2.05) is 0 Å². The number of ether oxygens (including phenoxy) is 1. The smallest absolute Gasteiger partial charge is 0.243 e. The molecule has 0 spiro atoms. The van der Waals surface area contributed by atoms with E-state index >= 15 is 0 Å². The van der Waals surface area contributed by atoms with Crippen molar-refractivity contribution in [1.29, 1.82) is 0 Å². The van der Waals surface area contributed by atoms with Gasteiger partial charge < -0.3 is 26.2 Å². The standard InChI is InChI=1S/C9H17N3O4/c10-8(14)5-16-2-1-11-9(15)7-3-6(13)4-12-7/h6-7,12-13H,1-5H2,(H2,10,14)(H,11,15). The first-order valence-corrected chi connectivity index (χ1v) is 5.15. The van der Waals surface area contributed by atoms with Crippen molar-refractivity contribution in [3.05, 3.63) is 0 Å². The lowest BCUT2D eigenvalue weighted by molar-refractivity contribution is -0.123. The minimum absolute atomic E-state index is 0.143. The van der Waals surface area contributed by atoms with Crippen LogP contribution in [0.5, 0.6) is 0 Å². The molecule has 0 bridgehead atoms. The largest absolute Gasteiger partial charge is 0.392 e. The lowest BCUT2D eigenvalue weighted by Crippen LogP contribution is -2.41. The van der Waals surface area contributed by atoms with Crippen molar-refractivity contribution in [1.82, 2.24) is 10.6 Å². The van der Waals surface area contributed by atoms with Gasteiger partial charge in [0.25, 0.3) is 0 Å². The van der Waals surface area contributed by atoms with Gasteiger partial charge in [0.1, 0.15) is 6.61 Å². The SMILES string of the molecule is NC(=O)COCCNC(=O)C1CC(O)CN1. The van der Waals surface area contributed by atoms with Crippen LogP contribution in [-0.2, 0) is 14.3 Å². The van der Waals surface area contributed by atoms with Crippen LogP contribution < -0.4 is 16.4 Å². The lowest BCUT2D eigenvalue weighted by atomic mass is 10.2. The molecule has 0 aromatic rings. The fourth-order valence-electron chi connectivity index (χ4n) is 1.46. The van der Waals surface area contributed by atoms with E-state index in [0.717, 1.165) is 0 Å². The van der Waals surface area contributed by atoms with Crippen LogP contribution in [0.3, 0.4) is 0 Å². The van der Waals surface area contributed by atoms with Gasteiger partial charge in [-0.05, 0) is 6.42 Å². The molecule has 1 saturated heterocycles. The molecule has 1 rings (SSSR count). The molecule has 92 valence electrons. The molecule has 0 aromatic heterocycles. The topological polar surface area (TPSA) is 114 Å². The fourth-order valence-corrected chi connectivity index (χ4v) is 1.46. The average Bonchev–Trinajstić information content (AvgIpc) is 2.63. The highest BCUT2D eigenvalue weighted by Gasteiger charge is 2.27. The lowest BCUT2D eigenvalue weighted by Gasteiger charge is -2.10. The second-order valence-electron chi connectivity index (χ2n) is 3.66. The van der Waals surface area contributed by atoms with Gasteiger partial charge in [-0.1, -0.05) is 0 Å². The highest BCUT2D eigenvalue weighted by Crippen LogP contribution is 2.05. The Morgan fingerprint density at radius 1 is 1.56 bits per heavy atom. The number of hydrogen-bond donors (Lipinski definition) is 4. The Hall–Kier alpha value is -1.18. The third kappa shape index (κ3) is 4.56. The zero-order valence-electron chi connectivity index (χ0n) is 8.94. The van der Waals surface area contributed by atoms with Crippen molar-refractivity contribution in [3.8, 4) is 0 Å². The molecular weight excluding hydrogens is 214 g/mol. The van der Waals surface area contributed by atoms with E-state index < -0.39 is 12.0 Å². The Balaban J connectivity index is 2.04. The quantitative estimate of drug-likeness (QED) is 0.372. The minimum Gasteiger partial charge on any atom is -0.392 e. The molecule has 1 heterocycles. The highest BCUT2D eigenvalue weighted by atomic mass is 16.5. The molecule has 1 fully saturated rings. The number of hydrogen-bond acceptors (Lipinski definition) is 5. The normalized spacial score (nSPS) is 24.3. The average molecular weight is 231 g/mol. The van der Waals surface area contributed by atoms with Crippen LogP contribution >= 0.6 is 0 Å². The predicted molar refractivity (Wildman–Crippen MR) is 55.4 cm³/mol. The Morgan fingerprint density at radius 3 is 2.88 bits per heavy atom. The van der Waals surface area contributed by atoms with Crippen LogP contribution in [0.4, 0.5) is 0 Å². The van der Waals surface area contributed by atoms with Crippen LogP contribution in [0.1, 0.15) is 6.42 Å². The van der Waals surface area contributed by atoms with Crippen LogP contribution in [0.2, 0.25) is 0 Å². The molecule has 7 nitrogen and oxygen atoms in total. The number of aliphatic hydroxyl groups excluding tert-OH is 1. The van der Waals surface area contributed by atoms with Crippen molar-refractivity contribution < 1.29 is 19.4 Å². The fraction of sp³-hybridized carbons (Fsp3) is 0.778. The number of carbonyl (C=O) groups excluding carboxylic acids is 2. The summed E-state index contributed by atoms with van der Waals surface area (Å²) in [6.07, 6.45) is -0.0320. The summed E-state index contributed by atoms with van der Waals surface area (Å²) in [4.78, 5) is 21.8. The van der Waals surface area contributed by atoms with Crippen molar-refractivity contribution in [2.45, 2.75) is 18.6 Å². The van der Waals surface area contributed by atoms with Crippen molar-refractivity contribution in [2.75, 3.05) is 26.3 Å². The summed E-state index contributed by atoms with van der Waals surface area (Å²) in [7, 11) is 0. The maximum atomic E-state index is 11.5. The van der Waals surface area contributed by atoms with Crippen LogP contribution in [0.25, 0.3) is 0 Å². The van der Waals surface area contributed by atoms with Gasteiger partial charge in [-0.3, -0.25) is 9.59 Å². The molecule has 0 aliphatic carbocycles. The first-order valence-electron chi connectivity index (χ1n) is 5.15. The van der Waals surface area contributed by atoms with Crippen LogP contribution in [0, 0.1) is 0 Å². The summed E-state index contributed by atoms with van der Waals surface area (Å²) in [5.41, 5.74) is 4.86. The summed E-state index contributed by atoms with van der Waals surface area (Å²) in [6, 6.07) is -0.342. The third-order valence-corrected chi connectivity index (χ3v) is 2.21. The molecule has 2 atom stereocenters. The van der Waals surface area contributed by atoms with E-state index in [4.69, 9.17) is 10.5 Å². The number of carbonyl (C=O) groups is 2. The Labute approximate surface area is 93.3 Å². The Bertz CT molecular complexity index is 259. The number of nitrogens with one attached hydrogen (secondary N) is 2. The number of nitrogens with two attached hydrogens (primary N) is 1. The van der Waals surface area contributed by atoms with Crippen LogP contribution in [-0.4, -0.2) is 55.4 Å². The molecule has 7 heteroatoms. The molecule has 2 amide bonds. The first-order chi connectivity index (χ1) is 7.59. The number of primary amides is 1. The summed E-state index contributed by atoms with van der Waals surface area (Å²) >= 11 is 0. The summed E-state index contributed by atoms with van der Waals surface area (Å²) in [6.45, 7) is 0.858. The second-order valence-corrected chi connectivity index (χ2v) is 3.66. The molecule has 0 radical (unpaired) electrons. The zero-order chi connectivity index (χ0) is 12.0. The van der Waals surface area contributed by atoms with Crippen molar-refractivity contribution >= 4 is 11.8 Å². The van der Waals surface area contributed by atoms with E-state index in [1.54, 1.807) is 0 Å². The summed E-state index contributed by atoms with van der Waals surface area (Å²) in [5.74, 6) is -0.703. The summed E-state index contributed by atoms with van der Waals surface area (Å²) in [5, 5.41) is 14.7. The number of β-amino-alcohol motifs (C(OH)–C–C–N with tert-alkyl or cyclic N) is 1. The van der Waals surface area contributed by atoms with Crippen molar-refractivity contribution in [3.63, 3.8) is 0 Å². The molecular formula is C9H17N3O4. The second kappa shape index (κ2) is 6.41. The molecule has 0 saturated carbocycles. The van der Waals surface area contributed by atoms with Gasteiger partial charge in [0, 0.05) is 13.1 Å². The van der Waals surface area contributed by atoms with E-state index in [9.17, 15) is 14.7 Å². The molecule has 16 heavy (non-hydrogen) atoms. The van der Waals surface area contributed by atoms with Gasteiger partial charge in [-0.2, -0.15) is 0 Å². The maximum absolute atomic E-state index is 11.5. The highest BCUT2D eigenvalue weighted by molar-refractivity contribution is 5.82. The molecule has 1 aliphatic heterocycles. The predicted octanol–water partition coefficient (Wildman–Crippen LogP) is -2.67. The number of amides is 2. The molecule has 2 unspecified atom stereocenters. The number of aliphatic hydroxyl groups is 1. The molecule has 5 N–H and O–H groups in total. The Morgan fingerprint density at radius 2 is 2.31 bits per heavy atom. The molecule has 0 aromatic carbocycles. The van der Waals surface area contributed by atoms with E-state index in [2.05, 4.69) is 10.6 Å². The van der Waals surface area contributed by atoms with Gasteiger partial charge in [-0.15, -0.1) is 0 Å². The van der Waals surface area contributed by atoms with E-state index in [0.29, 0.717) is 19.5 Å².